The van der Waals surface area contributed by atoms with Gasteiger partial charge in [-0.2, -0.15) is 8.78 Å². The molecular weight excluding hydrogens is 312 g/mol. The summed E-state index contributed by atoms with van der Waals surface area (Å²) in [7, 11) is 0. The molecule has 17 heavy (non-hydrogen) atoms. The molecule has 1 N–H and O–H groups in total. The molecule has 0 fully saturated rings. The molecule has 0 aliphatic rings. The van der Waals surface area contributed by atoms with E-state index in [0.29, 0.717) is 0 Å². The molecule has 0 atom stereocenters. The van der Waals surface area contributed by atoms with Crippen LogP contribution in [-0.4, -0.2) is 28.9 Å². The summed E-state index contributed by atoms with van der Waals surface area (Å²) in [6.45, 7) is -1.92. The molecule has 1 rings (SSSR count). The lowest BCUT2D eigenvalue weighted by Crippen LogP contribution is -2.32. The maximum absolute atomic E-state index is 12.4. The largest absolute Gasteiger partial charge is 0.367 e. The summed E-state index contributed by atoms with van der Waals surface area (Å²) in [4.78, 5) is 16.9. The van der Waals surface area contributed by atoms with Crippen LogP contribution in [0.4, 0.5) is 17.6 Å². The Bertz CT molecular complexity index is 438. The second-order valence-electron chi connectivity index (χ2n) is 3.06. The minimum atomic E-state index is -4.21. The Morgan fingerprint density at radius 2 is 2.18 bits per heavy atom. The number of rotatable bonds is 5. The summed E-state index contributed by atoms with van der Waals surface area (Å²) in [6, 6.07) is 0. The van der Waals surface area contributed by atoms with Crippen molar-refractivity contribution in [2.75, 3.05) is 6.61 Å². The van der Waals surface area contributed by atoms with Crippen molar-refractivity contribution in [3.63, 3.8) is 0 Å². The van der Waals surface area contributed by atoms with Gasteiger partial charge in [0.1, 0.15) is 23.5 Å². The van der Waals surface area contributed by atoms with E-state index in [4.69, 9.17) is 0 Å². The van der Waals surface area contributed by atoms with E-state index in [1.165, 1.54) is 0 Å². The summed E-state index contributed by atoms with van der Waals surface area (Å²) < 4.78 is 52.9. The van der Waals surface area contributed by atoms with Crippen molar-refractivity contribution in [2.45, 2.75) is 19.0 Å². The third-order valence-electron chi connectivity index (χ3n) is 1.66. The first-order chi connectivity index (χ1) is 7.83. The summed E-state index contributed by atoms with van der Waals surface area (Å²) in [5.74, 6) is -4.24. The number of nitrogens with zero attached hydrogens (tertiary/aromatic N) is 1. The summed E-state index contributed by atoms with van der Waals surface area (Å²) in [6.07, 6.45) is -2.64. The highest BCUT2D eigenvalue weighted by Gasteiger charge is 2.40. The Labute approximate surface area is 101 Å². The molecule has 0 bridgehead atoms. The minimum Gasteiger partial charge on any atom is -0.367 e. The van der Waals surface area contributed by atoms with E-state index in [1.807, 2.05) is 0 Å². The van der Waals surface area contributed by atoms with Gasteiger partial charge in [0.2, 0.25) is 0 Å². The van der Waals surface area contributed by atoms with Gasteiger partial charge in [0, 0.05) is 6.20 Å². The molecule has 0 aliphatic carbocycles. The van der Waals surface area contributed by atoms with Gasteiger partial charge in [-0.05, 0) is 15.9 Å². The van der Waals surface area contributed by atoms with Crippen molar-refractivity contribution in [3.05, 3.63) is 26.8 Å². The number of aromatic nitrogens is 2. The van der Waals surface area contributed by atoms with Gasteiger partial charge in [0.15, 0.2) is 0 Å². The molecule has 0 aliphatic heterocycles. The lowest BCUT2D eigenvalue weighted by atomic mass is 10.4. The molecule has 0 unspecified atom stereocenters. The van der Waals surface area contributed by atoms with Crippen LogP contribution in [0.5, 0.6) is 0 Å². The first-order valence-corrected chi connectivity index (χ1v) is 5.09. The van der Waals surface area contributed by atoms with Gasteiger partial charge in [-0.3, -0.25) is 4.79 Å². The molecule has 96 valence electrons. The van der Waals surface area contributed by atoms with Crippen molar-refractivity contribution < 1.29 is 22.3 Å². The maximum Gasteiger partial charge on any atom is 0.330 e. The van der Waals surface area contributed by atoms with Crippen LogP contribution in [0.25, 0.3) is 0 Å². The van der Waals surface area contributed by atoms with Crippen LogP contribution in [0.1, 0.15) is 5.82 Å². The average molecular weight is 319 g/mol. The zero-order valence-corrected chi connectivity index (χ0v) is 9.81. The van der Waals surface area contributed by atoms with Crippen LogP contribution < -0.4 is 5.56 Å². The van der Waals surface area contributed by atoms with E-state index in [9.17, 15) is 22.4 Å². The summed E-state index contributed by atoms with van der Waals surface area (Å²) in [5.41, 5.74) is -0.515. The zero-order chi connectivity index (χ0) is 13.1. The lowest BCUT2D eigenvalue weighted by molar-refractivity contribution is -0.168. The van der Waals surface area contributed by atoms with Crippen LogP contribution in [0, 0.1) is 0 Å². The monoisotopic (exact) mass is 318 g/mol. The topological polar surface area (TPSA) is 55.0 Å². The SMILES string of the molecule is O=c1[nH]c(COCC(F)(F)C(F)F)ncc1Br. The Morgan fingerprint density at radius 1 is 1.53 bits per heavy atom. The van der Waals surface area contributed by atoms with Gasteiger partial charge in [-0.25, -0.2) is 13.8 Å². The van der Waals surface area contributed by atoms with E-state index in [0.717, 1.165) is 6.20 Å². The van der Waals surface area contributed by atoms with Crippen LogP contribution in [0.15, 0.2) is 15.5 Å². The Morgan fingerprint density at radius 3 is 2.71 bits per heavy atom. The molecular formula is C8H7BrF4N2O2. The van der Waals surface area contributed by atoms with Crippen molar-refractivity contribution in [1.29, 1.82) is 0 Å². The predicted molar refractivity (Wildman–Crippen MR) is 53.2 cm³/mol. The molecule has 9 heteroatoms. The molecule has 0 saturated carbocycles. The normalized spacial score (nSPS) is 12.1. The zero-order valence-electron chi connectivity index (χ0n) is 8.22. The molecule has 0 radical (unpaired) electrons. The van der Waals surface area contributed by atoms with E-state index < -0.39 is 31.1 Å². The quantitative estimate of drug-likeness (QED) is 0.844. The van der Waals surface area contributed by atoms with E-state index >= 15 is 0 Å². The standard InChI is InChI=1S/C8H7BrF4N2O2/c9-4-1-14-5(15-6(4)16)2-17-3-8(12,13)7(10)11/h1,7H,2-3H2,(H,14,15,16). The molecule has 0 saturated heterocycles. The highest BCUT2D eigenvalue weighted by Crippen LogP contribution is 2.23. The molecule has 4 nitrogen and oxygen atoms in total. The highest BCUT2D eigenvalue weighted by molar-refractivity contribution is 9.10. The van der Waals surface area contributed by atoms with Crippen molar-refractivity contribution in [1.82, 2.24) is 9.97 Å². The molecule has 1 aromatic heterocycles. The summed E-state index contributed by atoms with van der Waals surface area (Å²) >= 11 is 2.88. The van der Waals surface area contributed by atoms with E-state index in [2.05, 4.69) is 30.6 Å². The third-order valence-corrected chi connectivity index (χ3v) is 2.23. The molecule has 1 aromatic rings. The third kappa shape index (κ3) is 4.08. The van der Waals surface area contributed by atoms with Crippen molar-refractivity contribution in [3.8, 4) is 0 Å². The Balaban J connectivity index is 2.52. The first kappa shape index (κ1) is 14.1. The Hall–Kier alpha value is -0.960. The van der Waals surface area contributed by atoms with Gasteiger partial charge in [-0.1, -0.05) is 0 Å². The molecule has 0 aromatic carbocycles. The van der Waals surface area contributed by atoms with Gasteiger partial charge in [-0.15, -0.1) is 0 Å². The van der Waals surface area contributed by atoms with Gasteiger partial charge in [0.05, 0.1) is 0 Å². The second-order valence-corrected chi connectivity index (χ2v) is 3.92. The van der Waals surface area contributed by atoms with Crippen molar-refractivity contribution >= 4 is 15.9 Å². The van der Waals surface area contributed by atoms with Crippen LogP contribution in [0.3, 0.4) is 0 Å². The number of aromatic amines is 1. The fourth-order valence-corrected chi connectivity index (χ4v) is 1.04. The number of hydrogen-bond donors (Lipinski definition) is 1. The van der Waals surface area contributed by atoms with E-state index in [-0.39, 0.29) is 10.3 Å². The van der Waals surface area contributed by atoms with Gasteiger partial charge < -0.3 is 9.72 Å². The molecule has 0 amide bonds. The Kier molecular flexibility index (Phi) is 4.63. The fraction of sp³-hybridized carbons (Fsp3) is 0.500. The number of halogens is 5. The molecule has 0 spiro atoms. The number of nitrogens with one attached hydrogen (secondary N) is 1. The first-order valence-electron chi connectivity index (χ1n) is 4.30. The lowest BCUT2D eigenvalue weighted by Gasteiger charge is -2.14. The smallest absolute Gasteiger partial charge is 0.330 e. The predicted octanol–water partition coefficient (Wildman–Crippen LogP) is 1.95. The summed E-state index contributed by atoms with van der Waals surface area (Å²) in [5, 5.41) is 0. The maximum atomic E-state index is 12.4. The second kappa shape index (κ2) is 5.58. The number of alkyl halides is 4. The fourth-order valence-electron chi connectivity index (χ4n) is 0.836. The number of hydrogen-bond acceptors (Lipinski definition) is 3. The number of H-pyrrole nitrogens is 1. The number of ether oxygens (including phenoxy) is 1. The van der Waals surface area contributed by atoms with Crippen LogP contribution in [-0.2, 0) is 11.3 Å². The molecule has 1 heterocycles. The average Bonchev–Trinajstić information content (AvgIpc) is 2.23. The minimum absolute atomic E-state index is 0.0248. The van der Waals surface area contributed by atoms with E-state index in [1.54, 1.807) is 0 Å². The van der Waals surface area contributed by atoms with Crippen LogP contribution in [0.2, 0.25) is 0 Å². The van der Waals surface area contributed by atoms with Crippen LogP contribution >= 0.6 is 15.9 Å². The van der Waals surface area contributed by atoms with Gasteiger partial charge >= 0.3 is 12.3 Å². The van der Waals surface area contributed by atoms with Crippen molar-refractivity contribution in [2.24, 2.45) is 0 Å². The highest BCUT2D eigenvalue weighted by atomic mass is 79.9. The van der Waals surface area contributed by atoms with Gasteiger partial charge in [0.25, 0.3) is 5.56 Å².